The molecule has 0 bridgehead atoms. The highest BCUT2D eigenvalue weighted by molar-refractivity contribution is 7.00. The lowest BCUT2D eigenvalue weighted by molar-refractivity contribution is 0.669. The molecule has 0 unspecified atom stereocenters. The molecule has 0 atom stereocenters. The highest BCUT2D eigenvalue weighted by atomic mass is 16.3. The third kappa shape index (κ3) is 10.4. The molecule has 0 aliphatic carbocycles. The predicted octanol–water partition coefficient (Wildman–Crippen LogP) is 26.2. The molecule has 0 saturated heterocycles. The van der Waals surface area contributed by atoms with Crippen LogP contribution in [0.4, 0.5) is 34.1 Å². The minimum atomic E-state index is -0.296. The van der Waals surface area contributed by atoms with Gasteiger partial charge in [-0.2, -0.15) is 0 Å². The van der Waals surface area contributed by atoms with Crippen molar-refractivity contribution in [1.29, 1.82) is 0 Å². The summed E-state index contributed by atoms with van der Waals surface area (Å²) < 4.78 is 13.9. The zero-order chi connectivity index (χ0) is 70.5. The second kappa shape index (κ2) is 25.5. The van der Waals surface area contributed by atoms with Crippen LogP contribution in [0.5, 0.6) is 0 Å². The Hall–Kier alpha value is -14.0. The summed E-state index contributed by atoms with van der Waals surface area (Å²) in [5.74, 6) is 0. The van der Waals surface area contributed by atoms with Crippen LogP contribution in [0, 0.1) is 0 Å². The van der Waals surface area contributed by atoms with Gasteiger partial charge in [-0.15, -0.1) is 0 Å². The number of furan rings is 2. The van der Waals surface area contributed by atoms with Crippen LogP contribution < -0.4 is 26.2 Å². The highest BCUT2D eigenvalue weighted by Crippen LogP contribution is 2.56. The summed E-state index contributed by atoms with van der Waals surface area (Å²) in [6.45, 7) is -0.296. The lowest BCUT2D eigenvalue weighted by atomic mass is 9.33. The monoisotopic (exact) mass is 1360 g/mol. The van der Waals surface area contributed by atoms with Crippen LogP contribution in [0.1, 0.15) is 0 Å². The fraction of sp³-hybridized carbons (Fsp3) is 0. The fourth-order valence-corrected chi connectivity index (χ4v) is 17.1. The molecule has 21 rings (SSSR count). The maximum atomic E-state index is 6.97. The lowest BCUT2D eigenvalue weighted by Gasteiger charge is -2.46. The summed E-state index contributed by atoms with van der Waals surface area (Å²) in [6.07, 6.45) is 0. The second-order valence-electron chi connectivity index (χ2n) is 28.1. The maximum Gasteiger partial charge on any atom is 0.252 e. The smallest absolute Gasteiger partial charge is 0.252 e. The van der Waals surface area contributed by atoms with Gasteiger partial charge in [0.05, 0.1) is 11.4 Å². The summed E-state index contributed by atoms with van der Waals surface area (Å²) in [7, 11) is 0. The quantitative estimate of drug-likeness (QED) is 0.114. The normalized spacial score (nSPS) is 12.2. The first-order chi connectivity index (χ1) is 53.1. The van der Waals surface area contributed by atoms with Crippen molar-refractivity contribution in [1.82, 2.24) is 0 Å². The molecular formula is C102H65BN2O2. The average molecular weight is 1360 g/mol. The molecule has 17 aromatic carbocycles. The van der Waals surface area contributed by atoms with E-state index in [1.54, 1.807) is 0 Å². The minimum absolute atomic E-state index is 0.296. The van der Waals surface area contributed by atoms with E-state index in [9.17, 15) is 0 Å². The Balaban J connectivity index is 0.925. The summed E-state index contributed by atoms with van der Waals surface area (Å²) >= 11 is 0. The molecule has 2 aliphatic rings. The van der Waals surface area contributed by atoms with Gasteiger partial charge in [-0.1, -0.05) is 334 Å². The van der Waals surface area contributed by atoms with Gasteiger partial charge < -0.3 is 18.6 Å². The van der Waals surface area contributed by atoms with Gasteiger partial charge in [-0.3, -0.25) is 0 Å². The number of para-hydroxylation sites is 4. The van der Waals surface area contributed by atoms with E-state index < -0.39 is 0 Å². The molecule has 4 nitrogen and oxygen atoms in total. The van der Waals surface area contributed by atoms with Crippen LogP contribution in [-0.2, 0) is 0 Å². The van der Waals surface area contributed by atoms with E-state index in [-0.39, 0.29) is 6.71 Å². The van der Waals surface area contributed by atoms with Gasteiger partial charge in [0.15, 0.2) is 0 Å². The van der Waals surface area contributed by atoms with Crippen molar-refractivity contribution in [3.05, 3.63) is 394 Å². The highest BCUT2D eigenvalue weighted by Gasteiger charge is 2.46. The molecule has 107 heavy (non-hydrogen) atoms. The summed E-state index contributed by atoms with van der Waals surface area (Å²) in [4.78, 5) is 5.32. The van der Waals surface area contributed by atoms with Crippen molar-refractivity contribution >= 4 is 101 Å². The molecule has 5 heteroatoms. The van der Waals surface area contributed by atoms with Gasteiger partial charge in [-0.25, -0.2) is 0 Å². The van der Waals surface area contributed by atoms with E-state index in [1.165, 1.54) is 22.0 Å². The number of rotatable bonds is 12. The first-order valence-electron chi connectivity index (χ1n) is 36.8. The van der Waals surface area contributed by atoms with Gasteiger partial charge in [-0.05, 0) is 155 Å². The maximum absolute atomic E-state index is 6.97. The Morgan fingerprint density at radius 1 is 0.187 bits per heavy atom. The van der Waals surface area contributed by atoms with Crippen molar-refractivity contribution in [2.24, 2.45) is 0 Å². The first-order valence-corrected chi connectivity index (χ1v) is 36.8. The molecule has 0 amide bonds. The number of benzene rings is 17. The van der Waals surface area contributed by atoms with E-state index in [0.717, 1.165) is 184 Å². The van der Waals surface area contributed by atoms with E-state index in [1.807, 2.05) is 0 Å². The van der Waals surface area contributed by atoms with Gasteiger partial charge >= 0.3 is 0 Å². The molecule has 0 radical (unpaired) electrons. The Kier molecular flexibility index (Phi) is 14.7. The van der Waals surface area contributed by atoms with Crippen LogP contribution in [0.25, 0.3) is 155 Å². The number of anilines is 6. The van der Waals surface area contributed by atoms with Crippen LogP contribution in [-0.4, -0.2) is 6.71 Å². The summed E-state index contributed by atoms with van der Waals surface area (Å²) in [6, 6.07) is 145. The van der Waals surface area contributed by atoms with E-state index in [0.29, 0.717) is 0 Å². The molecular weight excluding hydrogens is 1300 g/mol. The van der Waals surface area contributed by atoms with Crippen LogP contribution >= 0.6 is 0 Å². The SMILES string of the molecule is c1ccc(-c2ccc(-c3cc4c5c(c3)N(c3c(-c6ccccc6)cc(-c6cccc7c6oc6ccccc67)cc3-c3ccccc3)c3ccc(-c6ccccc6)cc3B5c3cc(-c5ccccc5)ccc3N4c3c(-c4ccccc4)cc(-c4cccc5c4oc4ccccc45)cc3-c3ccccc3)cc2)cc1. The third-order valence-corrected chi connectivity index (χ3v) is 22.0. The van der Waals surface area contributed by atoms with Crippen molar-refractivity contribution in [2.45, 2.75) is 0 Å². The van der Waals surface area contributed by atoms with Gasteiger partial charge in [0, 0.05) is 77.7 Å². The van der Waals surface area contributed by atoms with Gasteiger partial charge in [0.25, 0.3) is 6.71 Å². The summed E-state index contributed by atoms with van der Waals surface area (Å²) in [5, 5.41) is 4.35. The predicted molar refractivity (Wildman–Crippen MR) is 449 cm³/mol. The van der Waals surface area contributed by atoms with Crippen LogP contribution in [0.3, 0.4) is 0 Å². The van der Waals surface area contributed by atoms with Crippen molar-refractivity contribution < 1.29 is 8.83 Å². The molecule has 19 aromatic rings. The second-order valence-corrected chi connectivity index (χ2v) is 28.1. The largest absolute Gasteiger partial charge is 0.455 e. The Morgan fingerprint density at radius 3 is 0.841 bits per heavy atom. The molecule has 2 aromatic heterocycles. The molecule has 4 heterocycles. The first kappa shape index (κ1) is 61.7. The van der Waals surface area contributed by atoms with E-state index >= 15 is 0 Å². The van der Waals surface area contributed by atoms with Gasteiger partial charge in [0.2, 0.25) is 0 Å². The molecule has 0 fully saturated rings. The van der Waals surface area contributed by atoms with Crippen molar-refractivity contribution in [3.8, 4) is 111 Å². The van der Waals surface area contributed by atoms with Crippen molar-refractivity contribution in [2.75, 3.05) is 9.80 Å². The van der Waals surface area contributed by atoms with E-state index in [4.69, 9.17) is 8.83 Å². The Morgan fingerprint density at radius 2 is 0.477 bits per heavy atom. The number of fused-ring (bicyclic) bond motifs is 10. The third-order valence-electron chi connectivity index (χ3n) is 22.0. The Labute approximate surface area is 621 Å². The number of hydrogen-bond acceptors (Lipinski definition) is 4. The number of hydrogen-bond donors (Lipinski definition) is 0. The molecule has 0 N–H and O–H groups in total. The zero-order valence-corrected chi connectivity index (χ0v) is 58.3. The van der Waals surface area contributed by atoms with Crippen molar-refractivity contribution in [3.63, 3.8) is 0 Å². The fourth-order valence-electron chi connectivity index (χ4n) is 17.1. The topological polar surface area (TPSA) is 32.8 Å². The standard InChI is InChI=1S/C102H65BN2O2/c1-8-28-66(29-9-1)69-50-52-70(53-51-69)77-64-94-98-95(65-77)105(100-88(73-38-18-6-19-39-73)60-79(61-89(100)74-40-20-7-21-41-74)81-45-27-47-85-83-43-23-25-49-97(83)107-102(81)85)93-57-55-76(68-32-12-3-13-33-68)63-91(93)103(98)90-62-75(67-30-10-2-11-31-67)54-56-92(90)104(94)99-86(71-34-14-4-15-35-71)58-78(59-87(99)72-36-16-5-17-37-72)80-44-26-46-84-82-42-22-24-48-96(82)106-101(80)84/h1-65H. The van der Waals surface area contributed by atoms with Gasteiger partial charge in [0.1, 0.15) is 22.3 Å². The molecule has 2 aliphatic heterocycles. The number of nitrogens with zero attached hydrogens (tertiary/aromatic N) is 2. The van der Waals surface area contributed by atoms with Crippen LogP contribution in [0.2, 0.25) is 0 Å². The Bertz CT molecular complexity index is 6170. The molecule has 0 spiro atoms. The minimum Gasteiger partial charge on any atom is -0.455 e. The lowest BCUT2D eigenvalue weighted by Crippen LogP contribution is -2.61. The van der Waals surface area contributed by atoms with Crippen LogP contribution in [0.15, 0.2) is 403 Å². The van der Waals surface area contributed by atoms with E-state index in [2.05, 4.69) is 404 Å². The summed E-state index contributed by atoms with van der Waals surface area (Å²) in [5.41, 5.74) is 35.3. The zero-order valence-electron chi connectivity index (χ0n) is 58.3. The molecule has 0 saturated carbocycles. The average Bonchev–Trinajstić information content (AvgIpc) is 1.03. The molecule has 498 valence electrons.